The first-order valence-electron chi connectivity index (χ1n) is 21.3. The second-order valence-corrected chi connectivity index (χ2v) is 20.4. The number of aromatic nitrogens is 2. The molecule has 9 rings (SSSR count). The number of fused-ring (bicyclic) bond motifs is 3. The van der Waals surface area contributed by atoms with Crippen LogP contribution >= 0.6 is 0 Å². The molecular formula is C51H48IrN2OSi-2. The van der Waals surface area contributed by atoms with E-state index in [0.29, 0.717) is 16.8 Å². The molecule has 3 nitrogen and oxygen atoms in total. The SMILES string of the molecule is [2H]C([2H])(c1ccccc1)c1cc(-c2[c-]cccc2)ncc1[Si](C)(C)C.[2H]C([2H])(c1ccnc(-c2[c-]ccc3c2oc2cc(-c4ccccc4)ccc23)c1)C1CCCCC1.[Ir]. The van der Waals surface area contributed by atoms with Crippen molar-refractivity contribution in [2.45, 2.75) is 64.5 Å². The molecule has 0 saturated heterocycles. The van der Waals surface area contributed by atoms with Crippen LogP contribution < -0.4 is 5.19 Å². The van der Waals surface area contributed by atoms with Crippen LogP contribution in [0.2, 0.25) is 19.6 Å². The van der Waals surface area contributed by atoms with Crippen molar-refractivity contribution in [1.82, 2.24) is 9.97 Å². The van der Waals surface area contributed by atoms with Crippen LogP contribution in [0.1, 0.15) is 54.3 Å². The van der Waals surface area contributed by atoms with Crippen molar-refractivity contribution in [2.75, 3.05) is 0 Å². The smallest absolute Gasteiger partial charge is 0.121 e. The average Bonchev–Trinajstić information content (AvgIpc) is 3.66. The number of hydrogen-bond donors (Lipinski definition) is 0. The van der Waals surface area contributed by atoms with Crippen LogP contribution in [0.4, 0.5) is 0 Å². The van der Waals surface area contributed by atoms with Crippen molar-refractivity contribution >= 4 is 35.2 Å². The van der Waals surface area contributed by atoms with Gasteiger partial charge in [-0.15, -0.1) is 54.1 Å². The van der Waals surface area contributed by atoms with Gasteiger partial charge < -0.3 is 14.4 Å². The van der Waals surface area contributed by atoms with Gasteiger partial charge in [0.05, 0.1) is 13.7 Å². The third-order valence-electron chi connectivity index (χ3n) is 10.3. The Morgan fingerprint density at radius 1 is 0.696 bits per heavy atom. The molecule has 0 aliphatic heterocycles. The van der Waals surface area contributed by atoms with E-state index in [9.17, 15) is 0 Å². The van der Waals surface area contributed by atoms with Crippen LogP contribution in [0, 0.1) is 18.1 Å². The molecule has 56 heavy (non-hydrogen) atoms. The maximum absolute atomic E-state index is 8.88. The van der Waals surface area contributed by atoms with Crippen molar-refractivity contribution in [3.63, 3.8) is 0 Å². The first-order chi connectivity index (χ1) is 28.4. The van der Waals surface area contributed by atoms with Crippen LogP contribution in [0.25, 0.3) is 55.6 Å². The van der Waals surface area contributed by atoms with Crippen LogP contribution in [0.3, 0.4) is 0 Å². The van der Waals surface area contributed by atoms with Gasteiger partial charge in [0.25, 0.3) is 0 Å². The summed E-state index contributed by atoms with van der Waals surface area (Å²) in [4.78, 5) is 9.22. The van der Waals surface area contributed by atoms with Gasteiger partial charge >= 0.3 is 0 Å². The summed E-state index contributed by atoms with van der Waals surface area (Å²) in [6.07, 6.45) is 5.97. The zero-order chi connectivity index (χ0) is 41.2. The summed E-state index contributed by atoms with van der Waals surface area (Å²) in [5.41, 5.74) is 9.03. The number of furan rings is 1. The van der Waals surface area contributed by atoms with E-state index in [2.05, 4.69) is 72.1 Å². The number of nitrogens with zero attached hydrogens (tertiary/aromatic N) is 2. The molecular weight excluding hydrogens is 877 g/mol. The monoisotopic (exact) mass is 929 g/mol. The Bertz CT molecular complexity index is 2690. The molecule has 0 amide bonds. The molecule has 3 heterocycles. The molecule has 1 aliphatic carbocycles. The van der Waals surface area contributed by atoms with Gasteiger partial charge in [0.1, 0.15) is 5.58 Å². The summed E-state index contributed by atoms with van der Waals surface area (Å²) in [5.74, 6) is 0.0545. The summed E-state index contributed by atoms with van der Waals surface area (Å²) >= 11 is 0. The second-order valence-electron chi connectivity index (χ2n) is 15.3. The Hall–Kier alpha value is -4.93. The van der Waals surface area contributed by atoms with E-state index >= 15 is 0 Å². The van der Waals surface area contributed by atoms with Crippen LogP contribution in [0.15, 0.2) is 150 Å². The van der Waals surface area contributed by atoms with Crippen LogP contribution in [-0.2, 0) is 32.9 Å². The fourth-order valence-electron chi connectivity index (χ4n) is 7.42. The number of pyridine rings is 2. The molecule has 8 aromatic rings. The summed E-state index contributed by atoms with van der Waals surface area (Å²) in [7, 11) is -1.76. The maximum Gasteiger partial charge on any atom is 0.121 e. The van der Waals surface area contributed by atoms with Crippen molar-refractivity contribution in [2.24, 2.45) is 5.92 Å². The van der Waals surface area contributed by atoms with Crippen molar-refractivity contribution < 1.29 is 30.0 Å². The number of rotatable bonds is 8. The third kappa shape index (κ3) is 9.19. The molecule has 0 atom stereocenters. The van der Waals surface area contributed by atoms with E-state index < -0.39 is 20.8 Å². The number of benzene rings is 5. The van der Waals surface area contributed by atoms with E-state index in [0.717, 1.165) is 86.3 Å². The van der Waals surface area contributed by atoms with Crippen LogP contribution in [0.5, 0.6) is 0 Å². The molecule has 0 bridgehead atoms. The van der Waals surface area contributed by atoms with E-state index in [1.165, 1.54) is 6.42 Å². The Morgan fingerprint density at radius 3 is 2.21 bits per heavy atom. The van der Waals surface area contributed by atoms with Gasteiger partial charge in [0, 0.05) is 43.4 Å². The first kappa shape index (κ1) is 34.3. The minimum atomic E-state index is -1.76. The molecule has 0 unspecified atom stereocenters. The van der Waals surface area contributed by atoms with E-state index in [4.69, 9.17) is 9.90 Å². The minimum Gasteiger partial charge on any atom is -0.501 e. The predicted octanol–water partition coefficient (Wildman–Crippen LogP) is 12.9. The molecule has 283 valence electrons. The van der Waals surface area contributed by atoms with Crippen molar-refractivity contribution in [1.29, 1.82) is 0 Å². The molecule has 5 aromatic carbocycles. The third-order valence-corrected chi connectivity index (χ3v) is 12.3. The summed E-state index contributed by atoms with van der Waals surface area (Å²) in [6.45, 7) is 6.68. The minimum absolute atomic E-state index is 0. The molecule has 0 spiro atoms. The predicted molar refractivity (Wildman–Crippen MR) is 232 cm³/mol. The Labute approximate surface area is 352 Å². The Balaban J connectivity index is 0.000000187. The van der Waals surface area contributed by atoms with Gasteiger partial charge in [-0.2, -0.15) is 0 Å². The summed E-state index contributed by atoms with van der Waals surface area (Å²) < 4.78 is 41.8. The van der Waals surface area contributed by atoms with Crippen LogP contribution in [-0.4, -0.2) is 18.0 Å². The molecule has 1 fully saturated rings. The van der Waals surface area contributed by atoms with Gasteiger partial charge in [0.15, 0.2) is 0 Å². The van der Waals surface area contributed by atoms with Crippen molar-refractivity contribution in [3.8, 4) is 33.6 Å². The fourth-order valence-corrected chi connectivity index (χ4v) is 8.81. The molecule has 1 aliphatic rings. The zero-order valence-electron chi connectivity index (χ0n) is 36.1. The Morgan fingerprint density at radius 2 is 1.46 bits per heavy atom. The average molecular weight is 929 g/mol. The van der Waals surface area contributed by atoms with Gasteiger partial charge in [-0.1, -0.05) is 159 Å². The first-order valence-corrected chi connectivity index (χ1v) is 22.8. The second kappa shape index (κ2) is 17.9. The zero-order valence-corrected chi connectivity index (χ0v) is 35.5. The molecule has 1 radical (unpaired) electrons. The van der Waals surface area contributed by atoms with E-state index in [1.54, 1.807) is 6.20 Å². The Kier molecular flexibility index (Phi) is 11.0. The molecule has 3 aromatic heterocycles. The molecule has 5 heteroatoms. The fraction of sp³-hybridized carbons (Fsp3) is 0.216. The standard InChI is InChI=1S/C30H26NO.C21H22NSi.Ir/c1-3-8-21(9-4-1)18-22-16-17-31-28(19-22)27-13-7-12-26-25-15-14-24(20-29(25)32-30(26)27)23-10-5-2-6-11-23;1-23(2,3)21-16-22-20(18-12-8-5-9-13-18)15-19(21)14-17-10-6-4-7-11-17;/h2,5-7,10-12,14-17,19-21H,1,3-4,8-9,18H2;4-12,15-16H,14H2,1-3H3;/q2*-1;/i18D2;14D2;. The van der Waals surface area contributed by atoms with Gasteiger partial charge in [-0.25, -0.2) is 0 Å². The van der Waals surface area contributed by atoms with E-state index in [-0.39, 0.29) is 26.0 Å². The number of hydrogen-bond acceptors (Lipinski definition) is 3. The topological polar surface area (TPSA) is 38.9 Å². The largest absolute Gasteiger partial charge is 0.501 e. The van der Waals surface area contributed by atoms with Crippen molar-refractivity contribution in [3.05, 3.63) is 175 Å². The maximum atomic E-state index is 8.88. The quantitative estimate of drug-likeness (QED) is 0.113. The van der Waals surface area contributed by atoms with Gasteiger partial charge in [-0.3, -0.25) is 0 Å². The summed E-state index contributed by atoms with van der Waals surface area (Å²) in [6, 6.07) is 49.7. The van der Waals surface area contributed by atoms with Gasteiger partial charge in [-0.05, 0) is 64.1 Å². The van der Waals surface area contributed by atoms with E-state index in [1.807, 2.05) is 109 Å². The normalized spacial score (nSPS) is 14.8. The van der Waals surface area contributed by atoms with Gasteiger partial charge in [0.2, 0.25) is 0 Å². The summed E-state index contributed by atoms with van der Waals surface area (Å²) in [5, 5.41) is 3.13. The molecule has 1 saturated carbocycles. The molecule has 0 N–H and O–H groups in total.